The van der Waals surface area contributed by atoms with E-state index in [0.29, 0.717) is 25.3 Å². The smallest absolute Gasteiger partial charge is 0.129 e. The molecule has 0 unspecified atom stereocenters. The number of aromatic nitrogens is 1. The molecule has 0 saturated carbocycles. The molecule has 1 aromatic carbocycles. The highest BCUT2D eigenvalue weighted by molar-refractivity contribution is 5.20. The molecule has 1 aliphatic heterocycles. The van der Waals surface area contributed by atoms with Crippen LogP contribution in [0.1, 0.15) is 23.4 Å². The van der Waals surface area contributed by atoms with Crippen LogP contribution < -0.4 is 0 Å². The number of benzene rings is 1. The molecule has 1 N–H and O–H groups in total. The average molecular weight is 304 g/mol. The summed E-state index contributed by atoms with van der Waals surface area (Å²) >= 11 is 0. The van der Waals surface area contributed by atoms with E-state index < -0.39 is 6.10 Å². The van der Waals surface area contributed by atoms with E-state index in [2.05, 4.69) is 15.5 Å². The molecule has 0 radical (unpaired) electrons. The number of morpholine rings is 1. The van der Waals surface area contributed by atoms with Crippen LogP contribution in [-0.2, 0) is 11.8 Å². The Morgan fingerprint density at radius 1 is 1.32 bits per heavy atom. The van der Waals surface area contributed by atoms with Gasteiger partial charge in [-0.3, -0.25) is 4.90 Å². The lowest BCUT2D eigenvalue weighted by Gasteiger charge is -2.37. The van der Waals surface area contributed by atoms with Crippen molar-refractivity contribution in [1.29, 1.82) is 0 Å². The Kier molecular flexibility index (Phi) is 4.57. The molecule has 3 rings (SSSR count). The largest absolute Gasteiger partial charge is 0.387 e. The van der Waals surface area contributed by atoms with Gasteiger partial charge in [0.25, 0.3) is 0 Å². The summed E-state index contributed by atoms with van der Waals surface area (Å²) in [6.45, 7) is 2.33. The highest BCUT2D eigenvalue weighted by Gasteiger charge is 2.28. The van der Waals surface area contributed by atoms with Crippen LogP contribution in [-0.4, -0.2) is 40.9 Å². The van der Waals surface area contributed by atoms with Gasteiger partial charge in [0, 0.05) is 37.6 Å². The first-order valence-corrected chi connectivity index (χ1v) is 7.52. The van der Waals surface area contributed by atoms with Gasteiger partial charge in [-0.25, -0.2) is 4.39 Å². The van der Waals surface area contributed by atoms with E-state index in [0.717, 1.165) is 12.2 Å². The maximum Gasteiger partial charge on any atom is 0.129 e. The van der Waals surface area contributed by atoms with Gasteiger partial charge in [-0.1, -0.05) is 18.2 Å². The van der Waals surface area contributed by atoms with Crippen LogP contribution >= 0.6 is 0 Å². The minimum atomic E-state index is -0.845. The zero-order chi connectivity index (χ0) is 15.5. The van der Waals surface area contributed by atoms with Crippen molar-refractivity contribution in [3.8, 4) is 0 Å². The quantitative estimate of drug-likeness (QED) is 0.941. The highest BCUT2D eigenvalue weighted by Crippen LogP contribution is 2.27. The van der Waals surface area contributed by atoms with Crippen LogP contribution in [0.2, 0.25) is 0 Å². The third-order valence-corrected chi connectivity index (χ3v) is 4.24. The van der Waals surface area contributed by atoms with Crippen molar-refractivity contribution >= 4 is 0 Å². The molecule has 5 heteroatoms. The minimum Gasteiger partial charge on any atom is -0.387 e. The van der Waals surface area contributed by atoms with Gasteiger partial charge in [-0.05, 0) is 18.2 Å². The fraction of sp³-hybridized carbons (Fsp3) is 0.412. The average Bonchev–Trinajstić information content (AvgIpc) is 2.94. The lowest BCUT2D eigenvalue weighted by molar-refractivity contribution is -0.0305. The standard InChI is InChI=1S/C17H21FN2O2/c1-19-8-4-7-15(19)16-12-22-10-9-20(16)11-17(21)13-5-2-3-6-14(13)18/h2-8,16-17,21H,9-12H2,1H3/t16-,17-/m0/s1. The van der Waals surface area contributed by atoms with Crippen molar-refractivity contribution in [3.63, 3.8) is 0 Å². The van der Waals surface area contributed by atoms with Crippen LogP contribution in [0.15, 0.2) is 42.6 Å². The summed E-state index contributed by atoms with van der Waals surface area (Å²) in [7, 11) is 2.00. The van der Waals surface area contributed by atoms with E-state index in [9.17, 15) is 9.50 Å². The Labute approximate surface area is 129 Å². The number of ether oxygens (including phenoxy) is 1. The van der Waals surface area contributed by atoms with Crippen molar-refractivity contribution in [3.05, 3.63) is 59.7 Å². The van der Waals surface area contributed by atoms with Crippen molar-refractivity contribution in [2.75, 3.05) is 26.3 Å². The summed E-state index contributed by atoms with van der Waals surface area (Å²) < 4.78 is 21.5. The number of hydrogen-bond acceptors (Lipinski definition) is 3. The molecular formula is C17H21FN2O2. The maximum atomic E-state index is 13.8. The molecule has 0 bridgehead atoms. The van der Waals surface area contributed by atoms with E-state index in [1.54, 1.807) is 18.2 Å². The predicted octanol–water partition coefficient (Wildman–Crippen LogP) is 2.27. The molecule has 1 aromatic heterocycles. The molecule has 1 aliphatic rings. The van der Waals surface area contributed by atoms with E-state index in [-0.39, 0.29) is 11.9 Å². The Morgan fingerprint density at radius 2 is 2.14 bits per heavy atom. The molecule has 0 spiro atoms. The Morgan fingerprint density at radius 3 is 2.86 bits per heavy atom. The second-order valence-corrected chi connectivity index (χ2v) is 5.67. The molecule has 22 heavy (non-hydrogen) atoms. The first-order chi connectivity index (χ1) is 10.7. The van der Waals surface area contributed by atoms with E-state index in [1.807, 2.05) is 19.3 Å². The Balaban J connectivity index is 1.77. The van der Waals surface area contributed by atoms with E-state index >= 15 is 0 Å². The highest BCUT2D eigenvalue weighted by atomic mass is 19.1. The molecule has 2 atom stereocenters. The van der Waals surface area contributed by atoms with Gasteiger partial charge in [0.1, 0.15) is 5.82 Å². The van der Waals surface area contributed by atoms with E-state index in [4.69, 9.17) is 4.74 Å². The van der Waals surface area contributed by atoms with Crippen molar-refractivity contribution in [2.24, 2.45) is 7.05 Å². The lowest BCUT2D eigenvalue weighted by Crippen LogP contribution is -2.42. The van der Waals surface area contributed by atoms with Crippen LogP contribution in [0, 0.1) is 5.82 Å². The van der Waals surface area contributed by atoms with Crippen LogP contribution in [0.25, 0.3) is 0 Å². The number of aliphatic hydroxyl groups excluding tert-OH is 1. The van der Waals surface area contributed by atoms with E-state index in [1.165, 1.54) is 6.07 Å². The van der Waals surface area contributed by atoms with Crippen LogP contribution in [0.3, 0.4) is 0 Å². The number of aliphatic hydroxyl groups is 1. The third kappa shape index (κ3) is 3.06. The predicted molar refractivity (Wildman–Crippen MR) is 81.9 cm³/mol. The second-order valence-electron chi connectivity index (χ2n) is 5.67. The maximum absolute atomic E-state index is 13.8. The normalized spacial score (nSPS) is 21.0. The lowest BCUT2D eigenvalue weighted by atomic mass is 10.1. The number of rotatable bonds is 4. The minimum absolute atomic E-state index is 0.0789. The van der Waals surface area contributed by atoms with Crippen LogP contribution in [0.5, 0.6) is 0 Å². The number of halogens is 1. The zero-order valence-corrected chi connectivity index (χ0v) is 12.7. The first-order valence-electron chi connectivity index (χ1n) is 7.52. The molecule has 1 saturated heterocycles. The van der Waals surface area contributed by atoms with Crippen molar-refractivity contribution in [2.45, 2.75) is 12.1 Å². The molecular weight excluding hydrogens is 283 g/mol. The SMILES string of the molecule is Cn1cccc1[C@@H]1COCCN1C[C@H](O)c1ccccc1F. The summed E-state index contributed by atoms with van der Waals surface area (Å²) in [4.78, 5) is 2.16. The topological polar surface area (TPSA) is 37.6 Å². The van der Waals surface area contributed by atoms with Crippen LogP contribution in [0.4, 0.5) is 4.39 Å². The molecule has 2 heterocycles. The molecule has 4 nitrogen and oxygen atoms in total. The molecule has 118 valence electrons. The second kappa shape index (κ2) is 6.60. The third-order valence-electron chi connectivity index (χ3n) is 4.24. The van der Waals surface area contributed by atoms with Crippen molar-refractivity contribution in [1.82, 2.24) is 9.47 Å². The molecule has 0 aliphatic carbocycles. The molecule has 2 aromatic rings. The zero-order valence-electron chi connectivity index (χ0n) is 12.7. The van der Waals surface area contributed by atoms with Gasteiger partial charge in [-0.2, -0.15) is 0 Å². The van der Waals surface area contributed by atoms with Gasteiger partial charge in [0.2, 0.25) is 0 Å². The summed E-state index contributed by atoms with van der Waals surface area (Å²) in [5.74, 6) is -0.362. The molecule has 1 fully saturated rings. The number of nitrogens with zero attached hydrogens (tertiary/aromatic N) is 2. The number of hydrogen-bond donors (Lipinski definition) is 1. The van der Waals surface area contributed by atoms with Gasteiger partial charge >= 0.3 is 0 Å². The summed E-state index contributed by atoms with van der Waals surface area (Å²) in [5.41, 5.74) is 1.49. The fourth-order valence-electron chi connectivity index (χ4n) is 3.02. The Bertz CT molecular complexity index is 629. The first kappa shape index (κ1) is 15.2. The van der Waals surface area contributed by atoms with Gasteiger partial charge in [0.05, 0.1) is 25.4 Å². The summed E-state index contributed by atoms with van der Waals surface area (Å²) in [6, 6.07) is 10.5. The Hall–Kier alpha value is -1.69. The summed E-state index contributed by atoms with van der Waals surface area (Å²) in [6.07, 6.45) is 1.15. The fourth-order valence-corrected chi connectivity index (χ4v) is 3.02. The van der Waals surface area contributed by atoms with Gasteiger partial charge in [0.15, 0.2) is 0 Å². The summed E-state index contributed by atoms with van der Waals surface area (Å²) in [5, 5.41) is 10.4. The van der Waals surface area contributed by atoms with Gasteiger partial charge in [-0.15, -0.1) is 0 Å². The number of β-amino-alcohol motifs (C(OH)–C–C–N with tert-alkyl or cyclic N) is 1. The molecule has 0 amide bonds. The van der Waals surface area contributed by atoms with Crippen molar-refractivity contribution < 1.29 is 14.2 Å². The monoisotopic (exact) mass is 304 g/mol. The van der Waals surface area contributed by atoms with Gasteiger partial charge < -0.3 is 14.4 Å². The number of aryl methyl sites for hydroxylation is 1.